The molecule has 0 N–H and O–H groups in total. The second kappa shape index (κ2) is 12.0. The van der Waals surface area contributed by atoms with E-state index in [1.165, 1.54) is 23.2 Å². The molecule has 4 aromatic rings. The molecule has 0 saturated heterocycles. The number of aromatic nitrogens is 1. The molecular weight excluding hydrogens is 470 g/mol. The van der Waals surface area contributed by atoms with Crippen molar-refractivity contribution in [3.05, 3.63) is 102 Å². The fourth-order valence-corrected chi connectivity index (χ4v) is 5.08. The van der Waals surface area contributed by atoms with Crippen molar-refractivity contribution in [1.29, 1.82) is 0 Å². The molecule has 1 fully saturated rings. The highest BCUT2D eigenvalue weighted by atomic mass is 16.3. The van der Waals surface area contributed by atoms with Gasteiger partial charge in [0.2, 0.25) is 11.8 Å². The van der Waals surface area contributed by atoms with Gasteiger partial charge in [-0.25, -0.2) is 4.98 Å². The molecule has 0 spiro atoms. The number of amides is 1. The summed E-state index contributed by atoms with van der Waals surface area (Å²) in [5, 5.41) is 0. The molecule has 194 valence electrons. The molecule has 3 aromatic carbocycles. The number of anilines is 2. The number of carbonyl (C=O) groups is 1. The van der Waals surface area contributed by atoms with Crippen molar-refractivity contribution in [2.75, 3.05) is 23.9 Å². The maximum absolute atomic E-state index is 13.8. The Bertz CT molecular complexity index is 1350. The predicted molar refractivity (Wildman–Crippen MR) is 156 cm³/mol. The standard InChI is InChI=1S/C33H35N3O2/c1-35(2)30-18-16-28(17-19-30)27-14-11-26(12-15-27)24-36(33(37)29-8-4-3-5-9-29)31-10-6-7-25(23-31)13-20-32-34-21-22-38-32/h6-7,10-23,29H,3-5,8-9,24H2,1-2H3. The first-order chi connectivity index (χ1) is 18.6. The first-order valence-corrected chi connectivity index (χ1v) is 13.4. The van der Waals surface area contributed by atoms with Crippen LogP contribution < -0.4 is 9.80 Å². The van der Waals surface area contributed by atoms with E-state index in [2.05, 4.69) is 64.5 Å². The lowest BCUT2D eigenvalue weighted by Crippen LogP contribution is -2.36. The van der Waals surface area contributed by atoms with Crippen LogP contribution in [-0.4, -0.2) is 25.0 Å². The molecule has 0 aliphatic heterocycles. The molecule has 38 heavy (non-hydrogen) atoms. The van der Waals surface area contributed by atoms with Gasteiger partial charge in [0.05, 0.1) is 12.7 Å². The Labute approximate surface area is 225 Å². The smallest absolute Gasteiger partial charge is 0.230 e. The number of hydrogen-bond acceptors (Lipinski definition) is 4. The lowest BCUT2D eigenvalue weighted by molar-refractivity contribution is -0.123. The highest BCUT2D eigenvalue weighted by Gasteiger charge is 2.27. The minimum atomic E-state index is 0.0877. The monoisotopic (exact) mass is 505 g/mol. The van der Waals surface area contributed by atoms with Gasteiger partial charge in [0.25, 0.3) is 0 Å². The molecule has 5 nitrogen and oxygen atoms in total. The Morgan fingerprint density at radius 2 is 1.61 bits per heavy atom. The third kappa shape index (κ3) is 6.23. The molecule has 1 amide bonds. The molecule has 0 radical (unpaired) electrons. The summed E-state index contributed by atoms with van der Waals surface area (Å²) in [5.41, 5.74) is 6.56. The van der Waals surface area contributed by atoms with Gasteiger partial charge in [-0.2, -0.15) is 0 Å². The third-order valence-electron chi connectivity index (χ3n) is 7.28. The van der Waals surface area contributed by atoms with Crippen LogP contribution >= 0.6 is 0 Å². The van der Waals surface area contributed by atoms with Crippen molar-refractivity contribution >= 4 is 29.4 Å². The summed E-state index contributed by atoms with van der Waals surface area (Å²) >= 11 is 0. The summed E-state index contributed by atoms with van der Waals surface area (Å²) in [4.78, 5) is 22.0. The zero-order chi connectivity index (χ0) is 26.3. The van der Waals surface area contributed by atoms with E-state index >= 15 is 0 Å². The molecule has 5 heteroatoms. The van der Waals surface area contributed by atoms with Crippen LogP contribution in [0.5, 0.6) is 0 Å². The average molecular weight is 506 g/mol. The molecule has 0 unspecified atom stereocenters. The van der Waals surface area contributed by atoms with E-state index < -0.39 is 0 Å². The second-order valence-corrected chi connectivity index (χ2v) is 10.2. The Morgan fingerprint density at radius 3 is 2.26 bits per heavy atom. The molecular formula is C33H35N3O2. The van der Waals surface area contributed by atoms with Crippen LogP contribution in [0.4, 0.5) is 11.4 Å². The Balaban J connectivity index is 1.39. The number of nitrogens with zero attached hydrogens (tertiary/aromatic N) is 3. The van der Waals surface area contributed by atoms with E-state index in [-0.39, 0.29) is 11.8 Å². The summed E-state index contributed by atoms with van der Waals surface area (Å²) in [6, 6.07) is 25.3. The van der Waals surface area contributed by atoms with Crippen molar-refractivity contribution in [2.24, 2.45) is 5.92 Å². The van der Waals surface area contributed by atoms with Gasteiger partial charge in [-0.05, 0) is 65.4 Å². The van der Waals surface area contributed by atoms with Crippen LogP contribution in [0, 0.1) is 5.92 Å². The average Bonchev–Trinajstić information content (AvgIpc) is 3.49. The maximum Gasteiger partial charge on any atom is 0.230 e. The second-order valence-electron chi connectivity index (χ2n) is 10.2. The van der Waals surface area contributed by atoms with Gasteiger partial charge in [-0.15, -0.1) is 0 Å². The Morgan fingerprint density at radius 1 is 0.895 bits per heavy atom. The third-order valence-corrected chi connectivity index (χ3v) is 7.28. The molecule has 1 aromatic heterocycles. The lowest BCUT2D eigenvalue weighted by atomic mass is 9.88. The van der Waals surface area contributed by atoms with Gasteiger partial charge in [0.15, 0.2) is 0 Å². The maximum atomic E-state index is 13.8. The van der Waals surface area contributed by atoms with Crippen molar-refractivity contribution in [1.82, 2.24) is 4.98 Å². The zero-order valence-corrected chi connectivity index (χ0v) is 22.2. The molecule has 1 aliphatic rings. The summed E-state index contributed by atoms with van der Waals surface area (Å²) in [5.74, 6) is 0.869. The summed E-state index contributed by atoms with van der Waals surface area (Å²) < 4.78 is 5.32. The molecule has 1 heterocycles. The van der Waals surface area contributed by atoms with E-state index in [1.807, 2.05) is 49.3 Å². The van der Waals surface area contributed by atoms with Crippen LogP contribution in [-0.2, 0) is 11.3 Å². The van der Waals surface area contributed by atoms with Crippen LogP contribution in [0.25, 0.3) is 23.3 Å². The van der Waals surface area contributed by atoms with Crippen LogP contribution in [0.3, 0.4) is 0 Å². The van der Waals surface area contributed by atoms with Crippen molar-refractivity contribution in [3.8, 4) is 11.1 Å². The largest absolute Gasteiger partial charge is 0.445 e. The topological polar surface area (TPSA) is 49.6 Å². The minimum absolute atomic E-state index is 0.0877. The van der Waals surface area contributed by atoms with Gasteiger partial charge in [-0.1, -0.05) is 67.8 Å². The SMILES string of the molecule is CN(C)c1ccc(-c2ccc(CN(C(=O)C3CCCCC3)c3cccc(C=Cc4ncco4)c3)cc2)cc1. The Kier molecular flexibility index (Phi) is 8.03. The highest BCUT2D eigenvalue weighted by Crippen LogP contribution is 2.30. The number of rotatable bonds is 8. The van der Waals surface area contributed by atoms with Crippen LogP contribution in [0.1, 0.15) is 49.1 Å². The van der Waals surface area contributed by atoms with Gasteiger partial charge in [0.1, 0.15) is 6.26 Å². The van der Waals surface area contributed by atoms with E-state index in [4.69, 9.17) is 4.42 Å². The van der Waals surface area contributed by atoms with Crippen molar-refractivity contribution in [3.63, 3.8) is 0 Å². The highest BCUT2D eigenvalue weighted by molar-refractivity contribution is 5.95. The first kappa shape index (κ1) is 25.5. The van der Waals surface area contributed by atoms with E-state index in [0.717, 1.165) is 42.5 Å². The van der Waals surface area contributed by atoms with Gasteiger partial charge in [0, 0.05) is 37.5 Å². The quantitative estimate of drug-likeness (QED) is 0.246. The summed E-state index contributed by atoms with van der Waals surface area (Å²) in [6.07, 6.45) is 12.4. The molecule has 5 rings (SSSR count). The van der Waals surface area contributed by atoms with Gasteiger partial charge in [-0.3, -0.25) is 4.79 Å². The molecule has 0 atom stereocenters. The number of hydrogen-bond donors (Lipinski definition) is 0. The predicted octanol–water partition coefficient (Wildman–Crippen LogP) is 7.69. The van der Waals surface area contributed by atoms with Crippen LogP contribution in [0.2, 0.25) is 0 Å². The fourth-order valence-electron chi connectivity index (χ4n) is 5.08. The van der Waals surface area contributed by atoms with E-state index in [0.29, 0.717) is 12.4 Å². The summed E-state index contributed by atoms with van der Waals surface area (Å²) in [6.45, 7) is 0.544. The van der Waals surface area contributed by atoms with Crippen LogP contribution in [0.15, 0.2) is 89.7 Å². The zero-order valence-electron chi connectivity index (χ0n) is 22.2. The Hall–Kier alpha value is -4.12. The first-order valence-electron chi connectivity index (χ1n) is 13.4. The van der Waals surface area contributed by atoms with E-state index in [1.54, 1.807) is 12.5 Å². The molecule has 1 aliphatic carbocycles. The van der Waals surface area contributed by atoms with Gasteiger partial charge >= 0.3 is 0 Å². The fraction of sp³-hybridized carbons (Fsp3) is 0.273. The number of oxazole rings is 1. The number of benzene rings is 3. The van der Waals surface area contributed by atoms with Gasteiger partial charge < -0.3 is 14.2 Å². The van der Waals surface area contributed by atoms with E-state index in [9.17, 15) is 4.79 Å². The van der Waals surface area contributed by atoms with Crippen molar-refractivity contribution in [2.45, 2.75) is 38.6 Å². The molecule has 0 bridgehead atoms. The normalized spacial score (nSPS) is 14.1. The minimum Gasteiger partial charge on any atom is -0.445 e. The lowest BCUT2D eigenvalue weighted by Gasteiger charge is -2.30. The molecule has 1 saturated carbocycles. The van der Waals surface area contributed by atoms with Crippen molar-refractivity contribution < 1.29 is 9.21 Å². The summed E-state index contributed by atoms with van der Waals surface area (Å²) in [7, 11) is 4.10. The number of carbonyl (C=O) groups excluding carboxylic acids is 1.